The molecule has 2 aromatic carbocycles. The number of thioether (sulfide) groups is 1. The van der Waals surface area contributed by atoms with Crippen molar-refractivity contribution >= 4 is 70.0 Å². The Hall–Kier alpha value is -2.79. The highest BCUT2D eigenvalue weighted by molar-refractivity contribution is 7.99. The SMILES string of the molecule is CC(C)OC(=O)c1ccc(Cl)c(NC(=O)CSc2nnc(C(C)NC(=O)c3ccc(Cl)c(Cl)c3)n2C)c1. The molecule has 2 amide bonds. The summed E-state index contributed by atoms with van der Waals surface area (Å²) in [6.45, 7) is 5.26. The van der Waals surface area contributed by atoms with Gasteiger partial charge in [0.05, 0.1) is 44.2 Å². The third kappa shape index (κ3) is 7.61. The first kappa shape index (κ1) is 28.8. The van der Waals surface area contributed by atoms with Gasteiger partial charge in [0.1, 0.15) is 0 Å². The van der Waals surface area contributed by atoms with E-state index in [1.54, 1.807) is 44.5 Å². The summed E-state index contributed by atoms with van der Waals surface area (Å²) in [7, 11) is 1.73. The van der Waals surface area contributed by atoms with E-state index in [4.69, 9.17) is 39.5 Å². The van der Waals surface area contributed by atoms with E-state index in [1.165, 1.54) is 24.3 Å². The average molecular weight is 585 g/mol. The van der Waals surface area contributed by atoms with Crippen molar-refractivity contribution in [3.8, 4) is 0 Å². The number of aromatic nitrogens is 3. The second-order valence-corrected chi connectivity index (χ2v) is 10.4. The van der Waals surface area contributed by atoms with Crippen molar-refractivity contribution in [2.24, 2.45) is 7.05 Å². The average Bonchev–Trinajstić information content (AvgIpc) is 3.20. The number of rotatable bonds is 9. The van der Waals surface area contributed by atoms with Crippen LogP contribution in [0.2, 0.25) is 15.1 Å². The molecule has 0 fully saturated rings. The molecule has 1 unspecified atom stereocenters. The summed E-state index contributed by atoms with van der Waals surface area (Å²) >= 11 is 19.2. The van der Waals surface area contributed by atoms with Crippen LogP contribution < -0.4 is 10.6 Å². The zero-order chi connectivity index (χ0) is 27.3. The highest BCUT2D eigenvalue weighted by Gasteiger charge is 2.20. The van der Waals surface area contributed by atoms with Gasteiger partial charge in [0, 0.05) is 12.6 Å². The quantitative estimate of drug-likeness (QED) is 0.250. The van der Waals surface area contributed by atoms with Crippen molar-refractivity contribution in [3.63, 3.8) is 0 Å². The Morgan fingerprint density at radius 3 is 2.32 bits per heavy atom. The van der Waals surface area contributed by atoms with E-state index in [0.29, 0.717) is 27.3 Å². The molecule has 0 saturated carbocycles. The summed E-state index contributed by atoms with van der Waals surface area (Å²) in [5, 5.41) is 15.2. The predicted molar refractivity (Wildman–Crippen MR) is 145 cm³/mol. The summed E-state index contributed by atoms with van der Waals surface area (Å²) in [5.74, 6) is -0.711. The fourth-order valence-electron chi connectivity index (χ4n) is 3.16. The highest BCUT2D eigenvalue weighted by Crippen LogP contribution is 2.26. The lowest BCUT2D eigenvalue weighted by Gasteiger charge is -2.14. The van der Waals surface area contributed by atoms with Crippen molar-refractivity contribution in [1.29, 1.82) is 0 Å². The van der Waals surface area contributed by atoms with Crippen molar-refractivity contribution in [2.45, 2.75) is 38.1 Å². The lowest BCUT2D eigenvalue weighted by molar-refractivity contribution is -0.113. The van der Waals surface area contributed by atoms with Gasteiger partial charge in [-0.15, -0.1) is 10.2 Å². The van der Waals surface area contributed by atoms with Gasteiger partial charge in [0.15, 0.2) is 11.0 Å². The van der Waals surface area contributed by atoms with Crippen molar-refractivity contribution < 1.29 is 19.1 Å². The molecule has 0 saturated heterocycles. The third-order valence-corrected chi connectivity index (χ3v) is 7.03. The van der Waals surface area contributed by atoms with Crippen LogP contribution in [0.4, 0.5) is 5.69 Å². The number of hydrogen-bond acceptors (Lipinski definition) is 7. The zero-order valence-electron chi connectivity index (χ0n) is 20.3. The molecule has 3 aromatic rings. The molecule has 1 atom stereocenters. The van der Waals surface area contributed by atoms with Crippen molar-refractivity contribution in [3.05, 3.63) is 68.4 Å². The largest absolute Gasteiger partial charge is 0.459 e. The summed E-state index contributed by atoms with van der Waals surface area (Å²) < 4.78 is 6.87. The third-order valence-electron chi connectivity index (χ3n) is 4.94. The molecule has 0 aliphatic heterocycles. The molecule has 2 N–H and O–H groups in total. The van der Waals surface area contributed by atoms with Crippen molar-refractivity contribution in [2.75, 3.05) is 11.1 Å². The van der Waals surface area contributed by atoms with E-state index < -0.39 is 12.0 Å². The van der Waals surface area contributed by atoms with Crippen LogP contribution in [-0.2, 0) is 16.6 Å². The molecule has 0 spiro atoms. The monoisotopic (exact) mass is 583 g/mol. The van der Waals surface area contributed by atoms with E-state index in [-0.39, 0.29) is 39.3 Å². The number of amides is 2. The van der Waals surface area contributed by atoms with E-state index >= 15 is 0 Å². The Morgan fingerprint density at radius 2 is 1.65 bits per heavy atom. The van der Waals surface area contributed by atoms with Crippen LogP contribution in [0.25, 0.3) is 0 Å². The second kappa shape index (κ2) is 12.6. The number of carbonyl (C=O) groups is 3. The summed E-state index contributed by atoms with van der Waals surface area (Å²) in [5.41, 5.74) is 0.925. The summed E-state index contributed by atoms with van der Waals surface area (Å²) in [6, 6.07) is 8.64. The fourth-order valence-corrected chi connectivity index (χ4v) is 4.34. The molecule has 1 aromatic heterocycles. The Bertz CT molecular complexity index is 1330. The Balaban J connectivity index is 1.60. The topological polar surface area (TPSA) is 115 Å². The molecule has 13 heteroatoms. The minimum atomic E-state index is -0.511. The maximum atomic E-state index is 12.6. The number of hydrogen-bond donors (Lipinski definition) is 2. The molecular weight excluding hydrogens is 561 g/mol. The standard InChI is InChI=1S/C24H24Cl3N5O4S/c1-12(2)36-23(35)15-6-8-17(26)19(10-15)29-20(33)11-37-24-31-30-21(32(24)4)13(3)28-22(34)14-5-7-16(25)18(27)9-14/h5-10,12-13H,11H2,1-4H3,(H,28,34)(H,29,33). The van der Waals surface area contributed by atoms with E-state index in [0.717, 1.165) is 11.8 Å². The predicted octanol–water partition coefficient (Wildman–Crippen LogP) is 5.56. The first-order chi connectivity index (χ1) is 17.5. The molecule has 196 valence electrons. The molecule has 0 aliphatic rings. The Kier molecular flexibility index (Phi) is 9.83. The van der Waals surface area contributed by atoms with E-state index in [2.05, 4.69) is 20.8 Å². The highest BCUT2D eigenvalue weighted by atomic mass is 35.5. The molecule has 0 aliphatic carbocycles. The van der Waals surface area contributed by atoms with Crippen LogP contribution in [0, 0.1) is 0 Å². The van der Waals surface area contributed by atoms with Gasteiger partial charge in [-0.25, -0.2) is 4.79 Å². The Labute approximate surface area is 233 Å². The van der Waals surface area contributed by atoms with Crippen LogP contribution in [-0.4, -0.2) is 44.4 Å². The minimum absolute atomic E-state index is 0.00693. The van der Waals surface area contributed by atoms with Gasteiger partial charge in [-0.2, -0.15) is 0 Å². The van der Waals surface area contributed by atoms with E-state index in [1.807, 2.05) is 0 Å². The van der Waals surface area contributed by atoms with Gasteiger partial charge in [0.2, 0.25) is 5.91 Å². The Morgan fingerprint density at radius 1 is 0.973 bits per heavy atom. The van der Waals surface area contributed by atoms with Gasteiger partial charge >= 0.3 is 5.97 Å². The second-order valence-electron chi connectivity index (χ2n) is 8.21. The van der Waals surface area contributed by atoms with Crippen LogP contribution in [0.1, 0.15) is 53.4 Å². The van der Waals surface area contributed by atoms with Gasteiger partial charge in [-0.3, -0.25) is 9.59 Å². The first-order valence-electron chi connectivity index (χ1n) is 11.0. The summed E-state index contributed by atoms with van der Waals surface area (Å²) in [4.78, 5) is 37.3. The van der Waals surface area contributed by atoms with Gasteiger partial charge in [-0.1, -0.05) is 46.6 Å². The maximum Gasteiger partial charge on any atom is 0.338 e. The molecule has 0 bridgehead atoms. The number of halogens is 3. The maximum absolute atomic E-state index is 12.6. The van der Waals surface area contributed by atoms with Crippen LogP contribution >= 0.6 is 46.6 Å². The number of nitrogens with one attached hydrogen (secondary N) is 2. The van der Waals surface area contributed by atoms with Crippen LogP contribution in [0.15, 0.2) is 41.6 Å². The number of esters is 1. The molecule has 9 nitrogen and oxygen atoms in total. The number of anilines is 1. The lowest BCUT2D eigenvalue weighted by Crippen LogP contribution is -2.28. The fraction of sp³-hybridized carbons (Fsp3) is 0.292. The van der Waals surface area contributed by atoms with Crippen molar-refractivity contribution in [1.82, 2.24) is 20.1 Å². The van der Waals surface area contributed by atoms with Gasteiger partial charge in [-0.05, 0) is 57.2 Å². The molecule has 3 rings (SSSR count). The zero-order valence-corrected chi connectivity index (χ0v) is 23.4. The van der Waals surface area contributed by atoms with Crippen LogP contribution in [0.5, 0.6) is 0 Å². The molecular formula is C24H24Cl3N5O4S. The first-order valence-corrected chi connectivity index (χ1v) is 13.2. The lowest BCUT2D eigenvalue weighted by atomic mass is 10.2. The van der Waals surface area contributed by atoms with Gasteiger partial charge in [0.25, 0.3) is 5.91 Å². The number of ether oxygens (including phenoxy) is 1. The summed E-state index contributed by atoms with van der Waals surface area (Å²) in [6.07, 6.45) is -0.277. The minimum Gasteiger partial charge on any atom is -0.459 e. The number of benzene rings is 2. The smallest absolute Gasteiger partial charge is 0.338 e. The van der Waals surface area contributed by atoms with Crippen LogP contribution in [0.3, 0.4) is 0 Å². The van der Waals surface area contributed by atoms with Gasteiger partial charge < -0.3 is 19.9 Å². The molecule has 0 radical (unpaired) electrons. The molecule has 1 heterocycles. The van der Waals surface area contributed by atoms with E-state index in [9.17, 15) is 14.4 Å². The number of carbonyl (C=O) groups excluding carboxylic acids is 3. The normalized spacial score (nSPS) is 11.8. The number of nitrogens with zero attached hydrogens (tertiary/aromatic N) is 3. The molecule has 37 heavy (non-hydrogen) atoms.